The molecule has 0 spiro atoms. The molecule has 0 radical (unpaired) electrons. The van der Waals surface area contributed by atoms with Crippen LogP contribution in [0.25, 0.3) is 10.1 Å². The number of rotatable bonds is 10. The Labute approximate surface area is 133 Å². The van der Waals surface area contributed by atoms with Gasteiger partial charge in [-0.2, -0.15) is 0 Å². The number of hydrogen-bond acceptors (Lipinski definition) is 2. The van der Waals surface area contributed by atoms with E-state index in [1.807, 2.05) is 11.3 Å². The second-order valence-electron chi connectivity index (χ2n) is 6.06. The van der Waals surface area contributed by atoms with Gasteiger partial charge in [-0.1, -0.05) is 76.5 Å². The first-order valence-electron chi connectivity index (χ1n) is 8.55. The predicted molar refractivity (Wildman–Crippen MR) is 96.0 cm³/mol. The van der Waals surface area contributed by atoms with E-state index in [9.17, 15) is 0 Å². The summed E-state index contributed by atoms with van der Waals surface area (Å²) in [6.45, 7) is 2.27. The number of benzene rings is 1. The van der Waals surface area contributed by atoms with E-state index in [0.29, 0.717) is 0 Å². The Morgan fingerprint density at radius 1 is 0.952 bits per heavy atom. The summed E-state index contributed by atoms with van der Waals surface area (Å²) in [6, 6.07) is 11.1. The topological polar surface area (TPSA) is 26.0 Å². The van der Waals surface area contributed by atoms with E-state index in [1.165, 1.54) is 66.3 Å². The zero-order valence-electron chi connectivity index (χ0n) is 13.3. The van der Waals surface area contributed by atoms with Crippen molar-refractivity contribution in [2.24, 2.45) is 5.73 Å². The van der Waals surface area contributed by atoms with E-state index >= 15 is 0 Å². The third-order valence-corrected chi connectivity index (χ3v) is 5.43. The average Bonchev–Trinajstić information content (AvgIpc) is 2.94. The summed E-state index contributed by atoms with van der Waals surface area (Å²) in [4.78, 5) is 1.35. The van der Waals surface area contributed by atoms with Crippen LogP contribution < -0.4 is 5.73 Å². The van der Waals surface area contributed by atoms with Crippen LogP contribution in [0.4, 0.5) is 0 Å². The fourth-order valence-electron chi connectivity index (χ4n) is 2.83. The van der Waals surface area contributed by atoms with Crippen LogP contribution in [0, 0.1) is 0 Å². The van der Waals surface area contributed by atoms with Crippen molar-refractivity contribution in [3.05, 3.63) is 35.2 Å². The van der Waals surface area contributed by atoms with E-state index in [0.717, 1.165) is 6.42 Å². The summed E-state index contributed by atoms with van der Waals surface area (Å²) < 4.78 is 1.36. The molecule has 1 nitrogen and oxygen atoms in total. The lowest BCUT2D eigenvalue weighted by Crippen LogP contribution is -2.08. The molecular formula is C19H29NS. The standard InChI is InChI=1S/C19H29NS/c1-2-3-4-5-6-7-8-9-13-17(20)19-15-16-12-10-11-14-18(16)21-19/h10-12,14-15,17H,2-9,13,20H2,1H3. The van der Waals surface area contributed by atoms with Gasteiger partial charge in [0.15, 0.2) is 0 Å². The molecule has 1 heterocycles. The molecule has 1 unspecified atom stereocenters. The molecule has 2 aromatic rings. The Kier molecular flexibility index (Phi) is 7.25. The molecule has 0 amide bonds. The molecule has 0 saturated heterocycles. The van der Waals surface area contributed by atoms with Gasteiger partial charge in [-0.05, 0) is 23.9 Å². The van der Waals surface area contributed by atoms with E-state index in [1.54, 1.807) is 0 Å². The molecule has 2 rings (SSSR count). The molecule has 0 fully saturated rings. The minimum Gasteiger partial charge on any atom is -0.323 e. The summed E-state index contributed by atoms with van der Waals surface area (Å²) in [5.74, 6) is 0. The molecule has 1 aromatic carbocycles. The van der Waals surface area contributed by atoms with Gasteiger partial charge in [-0.15, -0.1) is 11.3 Å². The van der Waals surface area contributed by atoms with Gasteiger partial charge in [-0.3, -0.25) is 0 Å². The Bertz CT molecular complexity index is 484. The number of nitrogens with two attached hydrogens (primary N) is 1. The first-order chi connectivity index (χ1) is 10.3. The highest BCUT2D eigenvalue weighted by atomic mass is 32.1. The normalized spacial score (nSPS) is 12.9. The monoisotopic (exact) mass is 303 g/mol. The molecule has 0 saturated carbocycles. The van der Waals surface area contributed by atoms with E-state index in [4.69, 9.17) is 5.73 Å². The van der Waals surface area contributed by atoms with Crippen LogP contribution in [-0.4, -0.2) is 0 Å². The van der Waals surface area contributed by atoms with Gasteiger partial charge in [0.25, 0.3) is 0 Å². The van der Waals surface area contributed by atoms with Crippen molar-refractivity contribution in [2.75, 3.05) is 0 Å². The van der Waals surface area contributed by atoms with E-state index in [-0.39, 0.29) is 6.04 Å². The predicted octanol–water partition coefficient (Wildman–Crippen LogP) is 6.43. The molecule has 0 bridgehead atoms. The van der Waals surface area contributed by atoms with Gasteiger partial charge in [0, 0.05) is 15.6 Å². The Morgan fingerprint density at radius 3 is 2.33 bits per heavy atom. The number of hydrogen-bond donors (Lipinski definition) is 1. The van der Waals surface area contributed by atoms with Gasteiger partial charge < -0.3 is 5.73 Å². The quantitative estimate of drug-likeness (QED) is 0.503. The first-order valence-corrected chi connectivity index (χ1v) is 9.37. The number of thiophene rings is 1. The fourth-order valence-corrected chi connectivity index (χ4v) is 3.93. The molecular weight excluding hydrogens is 274 g/mol. The van der Waals surface area contributed by atoms with Crippen molar-refractivity contribution >= 4 is 21.4 Å². The highest BCUT2D eigenvalue weighted by molar-refractivity contribution is 7.19. The van der Waals surface area contributed by atoms with Crippen molar-refractivity contribution in [1.29, 1.82) is 0 Å². The minimum atomic E-state index is 0.225. The molecule has 2 N–H and O–H groups in total. The Hall–Kier alpha value is -0.860. The Balaban J connectivity index is 1.64. The van der Waals surface area contributed by atoms with E-state index < -0.39 is 0 Å². The lowest BCUT2D eigenvalue weighted by Gasteiger charge is -2.09. The third kappa shape index (κ3) is 5.44. The zero-order valence-corrected chi connectivity index (χ0v) is 14.1. The summed E-state index contributed by atoms with van der Waals surface area (Å²) in [6.07, 6.45) is 12.1. The molecule has 2 heteroatoms. The average molecular weight is 304 g/mol. The maximum absolute atomic E-state index is 6.35. The second kappa shape index (κ2) is 9.22. The van der Waals surface area contributed by atoms with Gasteiger partial charge in [-0.25, -0.2) is 0 Å². The summed E-state index contributed by atoms with van der Waals surface area (Å²) in [5, 5.41) is 1.34. The first kappa shape index (κ1) is 16.5. The molecule has 0 aliphatic carbocycles. The smallest absolute Gasteiger partial charge is 0.0390 e. The van der Waals surface area contributed by atoms with Crippen molar-refractivity contribution in [2.45, 2.75) is 70.8 Å². The Morgan fingerprint density at radius 2 is 1.62 bits per heavy atom. The van der Waals surface area contributed by atoms with Crippen LogP contribution in [-0.2, 0) is 0 Å². The van der Waals surface area contributed by atoms with Crippen molar-refractivity contribution in [3.63, 3.8) is 0 Å². The summed E-state index contributed by atoms with van der Waals surface area (Å²) in [7, 11) is 0. The van der Waals surface area contributed by atoms with Crippen LogP contribution in [0.2, 0.25) is 0 Å². The molecule has 1 aromatic heterocycles. The lowest BCUT2D eigenvalue weighted by atomic mass is 10.0. The van der Waals surface area contributed by atoms with Crippen molar-refractivity contribution in [1.82, 2.24) is 0 Å². The van der Waals surface area contributed by atoms with Gasteiger partial charge in [0.05, 0.1) is 0 Å². The molecule has 1 atom stereocenters. The number of unbranched alkanes of at least 4 members (excludes halogenated alkanes) is 7. The van der Waals surface area contributed by atoms with Crippen LogP contribution in [0.1, 0.15) is 75.6 Å². The molecule has 116 valence electrons. The van der Waals surface area contributed by atoms with Crippen molar-refractivity contribution < 1.29 is 0 Å². The molecule has 0 aliphatic rings. The number of fused-ring (bicyclic) bond motifs is 1. The second-order valence-corrected chi connectivity index (χ2v) is 7.17. The van der Waals surface area contributed by atoms with Crippen molar-refractivity contribution in [3.8, 4) is 0 Å². The largest absolute Gasteiger partial charge is 0.323 e. The highest BCUT2D eigenvalue weighted by Crippen LogP contribution is 2.30. The SMILES string of the molecule is CCCCCCCCCCC(N)c1cc2ccccc2s1. The minimum absolute atomic E-state index is 0.225. The van der Waals surface area contributed by atoms with Crippen LogP contribution in [0.5, 0.6) is 0 Å². The summed E-state index contributed by atoms with van der Waals surface area (Å²) >= 11 is 1.86. The van der Waals surface area contributed by atoms with Crippen LogP contribution >= 0.6 is 11.3 Å². The van der Waals surface area contributed by atoms with Crippen LogP contribution in [0.15, 0.2) is 30.3 Å². The molecule has 0 aliphatic heterocycles. The summed E-state index contributed by atoms with van der Waals surface area (Å²) in [5.41, 5.74) is 6.35. The maximum Gasteiger partial charge on any atom is 0.0390 e. The third-order valence-electron chi connectivity index (χ3n) is 4.18. The van der Waals surface area contributed by atoms with Gasteiger partial charge in [0.2, 0.25) is 0 Å². The fraction of sp³-hybridized carbons (Fsp3) is 0.579. The zero-order chi connectivity index (χ0) is 14.9. The van der Waals surface area contributed by atoms with Crippen LogP contribution in [0.3, 0.4) is 0 Å². The lowest BCUT2D eigenvalue weighted by molar-refractivity contribution is 0.539. The highest BCUT2D eigenvalue weighted by Gasteiger charge is 2.09. The van der Waals surface area contributed by atoms with Gasteiger partial charge in [0.1, 0.15) is 0 Å². The van der Waals surface area contributed by atoms with Gasteiger partial charge >= 0.3 is 0 Å². The maximum atomic E-state index is 6.35. The van der Waals surface area contributed by atoms with E-state index in [2.05, 4.69) is 37.3 Å². The molecule has 21 heavy (non-hydrogen) atoms.